The van der Waals surface area contributed by atoms with Gasteiger partial charge in [0.2, 0.25) is 5.91 Å². The third-order valence-electron chi connectivity index (χ3n) is 16.1. The van der Waals surface area contributed by atoms with Crippen LogP contribution in [0.4, 0.5) is 0 Å². The number of amides is 1. The number of hydrogen-bond donors (Lipinski definition) is 6. The van der Waals surface area contributed by atoms with Gasteiger partial charge in [0.25, 0.3) is 0 Å². The second-order valence-corrected chi connectivity index (χ2v) is 23.9. The summed E-state index contributed by atoms with van der Waals surface area (Å²) in [5, 5.41) is 54.7. The lowest BCUT2D eigenvalue weighted by molar-refractivity contribution is -0.302. The van der Waals surface area contributed by atoms with Gasteiger partial charge >= 0.3 is 0 Å². The van der Waals surface area contributed by atoms with E-state index < -0.39 is 49.5 Å². The molecule has 1 saturated heterocycles. The van der Waals surface area contributed by atoms with Crippen LogP contribution in [0.5, 0.6) is 0 Å². The molecular weight excluding hydrogens is 1040 g/mol. The van der Waals surface area contributed by atoms with Gasteiger partial charge in [-0.3, -0.25) is 4.79 Å². The first-order chi connectivity index (χ1) is 41.3. The molecule has 1 rings (SSSR count). The minimum atomic E-state index is -1.58. The van der Waals surface area contributed by atoms with Gasteiger partial charge in [0, 0.05) is 6.42 Å². The molecule has 84 heavy (non-hydrogen) atoms. The van der Waals surface area contributed by atoms with E-state index in [9.17, 15) is 30.3 Å². The number of ether oxygens (including phenoxy) is 2. The smallest absolute Gasteiger partial charge is 0.220 e. The van der Waals surface area contributed by atoms with Crippen LogP contribution in [0, 0.1) is 0 Å². The van der Waals surface area contributed by atoms with Crippen molar-refractivity contribution in [2.24, 2.45) is 0 Å². The maximum atomic E-state index is 13.1. The highest BCUT2D eigenvalue weighted by Gasteiger charge is 2.44. The molecule has 1 fully saturated rings. The molecule has 0 saturated carbocycles. The lowest BCUT2D eigenvalue weighted by Crippen LogP contribution is -2.60. The third kappa shape index (κ3) is 50.9. The van der Waals surface area contributed by atoms with Gasteiger partial charge in [-0.2, -0.15) is 0 Å². The normalized spacial score (nSPS) is 18.9. The Hall–Kier alpha value is -3.15. The van der Waals surface area contributed by atoms with E-state index in [0.29, 0.717) is 6.42 Å². The van der Waals surface area contributed by atoms with Crippen LogP contribution in [-0.4, -0.2) is 87.5 Å². The molecular formula is C75H131NO8. The highest BCUT2D eigenvalue weighted by Crippen LogP contribution is 2.23. The summed E-state index contributed by atoms with van der Waals surface area (Å²) in [5.41, 5.74) is 0. The van der Waals surface area contributed by atoms with Gasteiger partial charge in [-0.25, -0.2) is 0 Å². The number of rotatable bonds is 60. The topological polar surface area (TPSA) is 149 Å². The number of unbranched alkanes of at least 4 members (excludes halogenated alkanes) is 34. The molecule has 1 aliphatic rings. The fourth-order valence-electron chi connectivity index (χ4n) is 10.6. The Balaban J connectivity index is 2.18. The van der Waals surface area contributed by atoms with Gasteiger partial charge in [0.15, 0.2) is 6.29 Å². The van der Waals surface area contributed by atoms with E-state index in [-0.39, 0.29) is 12.5 Å². The first-order valence-electron chi connectivity index (χ1n) is 35.1. The second-order valence-electron chi connectivity index (χ2n) is 23.9. The summed E-state index contributed by atoms with van der Waals surface area (Å²) in [5.74, 6) is -0.195. The van der Waals surface area contributed by atoms with Crippen LogP contribution in [0.1, 0.15) is 303 Å². The third-order valence-corrected chi connectivity index (χ3v) is 16.1. The van der Waals surface area contributed by atoms with E-state index in [1.165, 1.54) is 186 Å². The lowest BCUT2D eigenvalue weighted by atomic mass is 9.99. The standard InChI is InChI=1S/C75H131NO8/c1-3-5-7-9-11-13-15-17-19-21-23-25-27-29-31-33-35-37-39-41-43-45-47-49-51-53-55-57-59-61-63-65-71(79)76-68(67-83-75-74(82)73(81)72(80)70(66-77)84-75)69(78)64-62-60-58-56-54-52-50-48-46-44-42-40-38-36-34-32-30-28-26-24-22-20-18-16-14-12-10-8-6-4-2/h5,7,11,13,17,19,23,25,29,31,35,37,41,43,54,56,62,64,68-70,72-75,77-78,80-82H,3-4,6,8-10,12,14-16,18,20-22,24,26-28,30,32-34,36,38-40,42,44-53,55,57-61,63,65-67H2,1-2H3,(H,76,79)/b7-5-,13-11-,19-17-,25-23-,31-29-,37-35-,43-41-,56-54+,64-62+. The van der Waals surface area contributed by atoms with Gasteiger partial charge in [0.05, 0.1) is 25.4 Å². The van der Waals surface area contributed by atoms with E-state index in [4.69, 9.17) is 9.47 Å². The number of aliphatic hydroxyl groups is 5. The fraction of sp³-hybridized carbons (Fsp3) is 0.747. The molecule has 1 aliphatic heterocycles. The number of allylic oxidation sites excluding steroid dienone is 17. The van der Waals surface area contributed by atoms with Gasteiger partial charge in [-0.15, -0.1) is 0 Å². The Morgan fingerprint density at radius 3 is 1.14 bits per heavy atom. The molecule has 0 spiro atoms. The Bertz CT molecular complexity index is 1690. The Morgan fingerprint density at radius 1 is 0.417 bits per heavy atom. The maximum absolute atomic E-state index is 13.1. The van der Waals surface area contributed by atoms with E-state index >= 15 is 0 Å². The van der Waals surface area contributed by atoms with Crippen LogP contribution in [0.2, 0.25) is 0 Å². The van der Waals surface area contributed by atoms with Gasteiger partial charge in [0.1, 0.15) is 24.4 Å². The minimum absolute atomic E-state index is 0.195. The SMILES string of the molecule is CC/C=C\C/C=C\C/C=C\C/C=C\C/C=C\C/C=C\C/C=C\CCCCCCCCCCCC(=O)NC(COC1OC(CO)C(O)C(O)C1O)C(O)/C=C/CC/C=C/CCCCCCCCCCCCCCCCCCCCCCCCCC. The van der Waals surface area contributed by atoms with Crippen LogP contribution in [0.25, 0.3) is 0 Å². The van der Waals surface area contributed by atoms with Crippen LogP contribution in [0.15, 0.2) is 109 Å². The molecule has 484 valence electrons. The summed E-state index contributed by atoms with van der Waals surface area (Å²) in [6.45, 7) is 3.67. The first-order valence-corrected chi connectivity index (χ1v) is 35.1. The summed E-state index contributed by atoms with van der Waals surface area (Å²) < 4.78 is 11.3. The van der Waals surface area contributed by atoms with Crippen molar-refractivity contribution >= 4 is 5.91 Å². The van der Waals surface area contributed by atoms with E-state index in [1.54, 1.807) is 6.08 Å². The molecule has 0 aromatic carbocycles. The molecule has 1 heterocycles. The highest BCUT2D eigenvalue weighted by atomic mass is 16.7. The van der Waals surface area contributed by atoms with Crippen LogP contribution < -0.4 is 5.32 Å². The summed E-state index contributed by atoms with van der Waals surface area (Å²) in [4.78, 5) is 13.1. The zero-order valence-corrected chi connectivity index (χ0v) is 54.1. The zero-order valence-electron chi connectivity index (χ0n) is 54.1. The molecule has 7 unspecified atom stereocenters. The van der Waals surface area contributed by atoms with Crippen molar-refractivity contribution in [1.82, 2.24) is 5.32 Å². The number of nitrogens with one attached hydrogen (secondary N) is 1. The van der Waals surface area contributed by atoms with Crippen LogP contribution >= 0.6 is 0 Å². The van der Waals surface area contributed by atoms with Crippen molar-refractivity contribution in [3.63, 3.8) is 0 Å². The molecule has 9 heteroatoms. The van der Waals surface area contributed by atoms with Crippen LogP contribution in [-0.2, 0) is 14.3 Å². The largest absolute Gasteiger partial charge is 0.394 e. The quantitative estimate of drug-likeness (QED) is 0.0261. The molecule has 0 aromatic heterocycles. The maximum Gasteiger partial charge on any atom is 0.220 e. The second kappa shape index (κ2) is 62.9. The van der Waals surface area contributed by atoms with Crippen molar-refractivity contribution in [2.45, 2.75) is 346 Å². The summed E-state index contributed by atoms with van der Waals surface area (Å²) in [6.07, 6.45) is 86.2. The van der Waals surface area contributed by atoms with Gasteiger partial charge < -0.3 is 40.3 Å². The van der Waals surface area contributed by atoms with Crippen molar-refractivity contribution in [3.8, 4) is 0 Å². The number of carbonyl (C=O) groups is 1. The number of aliphatic hydroxyl groups excluding tert-OH is 5. The Labute approximate surface area is 516 Å². The van der Waals surface area contributed by atoms with Gasteiger partial charge in [-0.1, -0.05) is 316 Å². The summed E-state index contributed by atoms with van der Waals surface area (Å²) in [7, 11) is 0. The Morgan fingerprint density at radius 2 is 0.750 bits per heavy atom. The Kier molecular flexibility index (Phi) is 59.0. The average Bonchev–Trinajstić information content (AvgIpc) is 3.70. The van der Waals surface area contributed by atoms with E-state index in [0.717, 1.165) is 96.3 Å². The van der Waals surface area contributed by atoms with Crippen molar-refractivity contribution in [1.29, 1.82) is 0 Å². The minimum Gasteiger partial charge on any atom is -0.394 e. The molecule has 9 nitrogen and oxygen atoms in total. The fourth-order valence-corrected chi connectivity index (χ4v) is 10.6. The molecule has 7 atom stereocenters. The molecule has 0 bridgehead atoms. The van der Waals surface area contributed by atoms with E-state index in [1.807, 2.05) is 6.08 Å². The number of hydrogen-bond acceptors (Lipinski definition) is 8. The zero-order chi connectivity index (χ0) is 60.7. The van der Waals surface area contributed by atoms with Crippen molar-refractivity contribution in [2.75, 3.05) is 13.2 Å². The van der Waals surface area contributed by atoms with Gasteiger partial charge in [-0.05, 0) is 89.9 Å². The van der Waals surface area contributed by atoms with Crippen LogP contribution in [0.3, 0.4) is 0 Å². The molecule has 0 radical (unpaired) electrons. The number of carbonyl (C=O) groups excluding carboxylic acids is 1. The van der Waals surface area contributed by atoms with Crippen molar-refractivity contribution < 1.29 is 39.8 Å². The predicted molar refractivity (Wildman–Crippen MR) is 359 cm³/mol. The molecule has 0 aromatic rings. The van der Waals surface area contributed by atoms with E-state index in [2.05, 4.69) is 116 Å². The highest BCUT2D eigenvalue weighted by molar-refractivity contribution is 5.76. The van der Waals surface area contributed by atoms with Crippen molar-refractivity contribution in [3.05, 3.63) is 109 Å². The lowest BCUT2D eigenvalue weighted by Gasteiger charge is -2.40. The monoisotopic (exact) mass is 1170 g/mol. The molecule has 0 aliphatic carbocycles. The average molecular weight is 1170 g/mol. The molecule has 6 N–H and O–H groups in total. The first kappa shape index (κ1) is 78.9. The molecule has 1 amide bonds. The summed E-state index contributed by atoms with van der Waals surface area (Å²) in [6, 6.07) is -0.835. The summed E-state index contributed by atoms with van der Waals surface area (Å²) >= 11 is 0. The predicted octanol–water partition coefficient (Wildman–Crippen LogP) is 19.2.